The topological polar surface area (TPSA) is 73.9 Å². The summed E-state index contributed by atoms with van der Waals surface area (Å²) in [4.78, 5) is 13.0. The number of carboxylic acids is 1. The molecular formula is C13H17NO4. The first-order chi connectivity index (χ1) is 8.61. The van der Waals surface area contributed by atoms with Gasteiger partial charge >= 0.3 is 5.97 Å². The number of carboxylic acid groups (broad SMARTS) is 1. The molecule has 0 radical (unpaired) electrons. The van der Waals surface area contributed by atoms with Crippen molar-refractivity contribution < 1.29 is 19.4 Å². The van der Waals surface area contributed by atoms with E-state index in [1.54, 1.807) is 6.07 Å². The van der Waals surface area contributed by atoms with Crippen LogP contribution < -0.4 is 0 Å². The zero-order valence-electron chi connectivity index (χ0n) is 10.1. The molecule has 1 aromatic rings. The minimum absolute atomic E-state index is 0.000173. The van der Waals surface area contributed by atoms with Crippen molar-refractivity contribution in [3.05, 3.63) is 23.7 Å². The molecule has 1 saturated carbocycles. The molecule has 5 nitrogen and oxygen atoms in total. The predicted molar refractivity (Wildman–Crippen MR) is 63.2 cm³/mol. The number of aliphatic hydroxyl groups is 1. The Morgan fingerprint density at radius 1 is 1.33 bits per heavy atom. The van der Waals surface area contributed by atoms with Gasteiger partial charge in [-0.15, -0.1) is 0 Å². The number of nitrogens with zero attached hydrogens (tertiary/aromatic N) is 1. The van der Waals surface area contributed by atoms with E-state index >= 15 is 0 Å². The van der Waals surface area contributed by atoms with Crippen molar-refractivity contribution in [2.45, 2.75) is 25.5 Å². The van der Waals surface area contributed by atoms with E-state index in [9.17, 15) is 9.90 Å². The summed E-state index contributed by atoms with van der Waals surface area (Å²) in [7, 11) is 0. The average Bonchev–Trinajstić information content (AvgIpc) is 2.93. The first-order valence-electron chi connectivity index (χ1n) is 6.34. The van der Waals surface area contributed by atoms with Crippen LogP contribution in [0.15, 0.2) is 16.5 Å². The van der Waals surface area contributed by atoms with Crippen molar-refractivity contribution in [3.63, 3.8) is 0 Å². The third-order valence-corrected chi connectivity index (χ3v) is 4.05. The van der Waals surface area contributed by atoms with Crippen LogP contribution in [0.1, 0.15) is 29.2 Å². The van der Waals surface area contributed by atoms with Gasteiger partial charge in [0.2, 0.25) is 5.76 Å². The second-order valence-corrected chi connectivity index (χ2v) is 5.41. The Morgan fingerprint density at radius 3 is 2.56 bits per heavy atom. The number of aliphatic hydroxyl groups excluding tert-OH is 1. The summed E-state index contributed by atoms with van der Waals surface area (Å²) in [6, 6.07) is 3.23. The number of hydrogen-bond acceptors (Lipinski definition) is 4. The number of carbonyl (C=O) groups is 1. The molecule has 2 unspecified atom stereocenters. The molecule has 2 fully saturated rings. The monoisotopic (exact) mass is 251 g/mol. The van der Waals surface area contributed by atoms with Crippen molar-refractivity contribution in [2.24, 2.45) is 11.8 Å². The minimum Gasteiger partial charge on any atom is -0.475 e. The van der Waals surface area contributed by atoms with Crippen LogP contribution >= 0.6 is 0 Å². The number of aromatic carboxylic acids is 1. The highest BCUT2D eigenvalue weighted by Gasteiger charge is 2.40. The van der Waals surface area contributed by atoms with Gasteiger partial charge < -0.3 is 14.6 Å². The first-order valence-corrected chi connectivity index (χ1v) is 6.34. The number of furan rings is 1. The van der Waals surface area contributed by atoms with Crippen LogP contribution in [0.2, 0.25) is 0 Å². The molecule has 0 amide bonds. The Hall–Kier alpha value is -1.33. The molecular weight excluding hydrogens is 234 g/mol. The van der Waals surface area contributed by atoms with E-state index in [1.165, 1.54) is 6.07 Å². The summed E-state index contributed by atoms with van der Waals surface area (Å²) in [6.45, 7) is 2.62. The maximum absolute atomic E-state index is 10.7. The van der Waals surface area contributed by atoms with Gasteiger partial charge in [0.05, 0.1) is 12.6 Å². The zero-order valence-corrected chi connectivity index (χ0v) is 10.1. The van der Waals surface area contributed by atoms with Crippen molar-refractivity contribution in [3.8, 4) is 0 Å². The van der Waals surface area contributed by atoms with Gasteiger partial charge in [-0.25, -0.2) is 4.79 Å². The van der Waals surface area contributed by atoms with E-state index in [0.717, 1.165) is 25.9 Å². The lowest BCUT2D eigenvalue weighted by Crippen LogP contribution is -2.22. The summed E-state index contributed by atoms with van der Waals surface area (Å²) < 4.78 is 5.26. The van der Waals surface area contributed by atoms with Crippen molar-refractivity contribution >= 4 is 5.97 Å². The largest absolute Gasteiger partial charge is 0.475 e. The third kappa shape index (κ3) is 2.15. The molecule has 2 atom stereocenters. The summed E-state index contributed by atoms with van der Waals surface area (Å²) in [5.41, 5.74) is 0. The van der Waals surface area contributed by atoms with E-state index in [0.29, 0.717) is 24.1 Å². The van der Waals surface area contributed by atoms with Gasteiger partial charge in [0.1, 0.15) is 5.76 Å². The highest BCUT2D eigenvalue weighted by atomic mass is 16.4. The van der Waals surface area contributed by atoms with Gasteiger partial charge in [0, 0.05) is 13.1 Å². The van der Waals surface area contributed by atoms with Gasteiger partial charge in [-0.3, -0.25) is 4.90 Å². The lowest BCUT2D eigenvalue weighted by atomic mass is 10.0. The fraction of sp³-hybridized carbons (Fsp3) is 0.615. The highest BCUT2D eigenvalue weighted by molar-refractivity contribution is 5.84. The lowest BCUT2D eigenvalue weighted by Gasteiger charge is -2.15. The smallest absolute Gasteiger partial charge is 0.371 e. The van der Waals surface area contributed by atoms with Gasteiger partial charge in [0.15, 0.2) is 0 Å². The number of likely N-dealkylation sites (tertiary alicyclic amines) is 1. The third-order valence-electron chi connectivity index (χ3n) is 4.05. The summed E-state index contributed by atoms with van der Waals surface area (Å²) in [5, 5.41) is 18.4. The van der Waals surface area contributed by atoms with Crippen LogP contribution in [-0.4, -0.2) is 40.3 Å². The van der Waals surface area contributed by atoms with Crippen molar-refractivity contribution in [2.75, 3.05) is 13.1 Å². The summed E-state index contributed by atoms with van der Waals surface area (Å²) in [6.07, 6.45) is 1.68. The molecule has 0 bridgehead atoms. The number of fused-ring (bicyclic) bond motifs is 1. The molecule has 98 valence electrons. The van der Waals surface area contributed by atoms with Crippen LogP contribution in [0.3, 0.4) is 0 Å². The van der Waals surface area contributed by atoms with E-state index < -0.39 is 5.97 Å². The van der Waals surface area contributed by atoms with Gasteiger partial charge in [0.25, 0.3) is 0 Å². The quantitative estimate of drug-likeness (QED) is 0.843. The average molecular weight is 251 g/mol. The van der Waals surface area contributed by atoms with Gasteiger partial charge in [-0.05, 0) is 36.8 Å². The van der Waals surface area contributed by atoms with E-state index in [2.05, 4.69) is 4.90 Å². The van der Waals surface area contributed by atoms with Crippen LogP contribution in [0, 0.1) is 11.8 Å². The molecule has 2 aliphatic rings. The van der Waals surface area contributed by atoms with E-state index in [-0.39, 0.29) is 11.9 Å². The van der Waals surface area contributed by atoms with Crippen LogP contribution in [0.4, 0.5) is 0 Å². The summed E-state index contributed by atoms with van der Waals surface area (Å²) in [5.74, 6) is 0.859. The van der Waals surface area contributed by atoms with Crippen molar-refractivity contribution in [1.82, 2.24) is 4.90 Å². The maximum atomic E-state index is 10.7. The second kappa shape index (κ2) is 4.40. The predicted octanol–water partition coefficient (Wildman–Crippen LogP) is 1.18. The standard InChI is InChI=1S/C13H17NO4/c15-10-3-8-5-14(6-9(8)4-10)7-11-1-2-12(18-11)13(16)17/h1-2,8-10,15H,3-7H2,(H,16,17). The molecule has 1 aromatic heterocycles. The molecule has 1 saturated heterocycles. The zero-order chi connectivity index (χ0) is 12.7. The molecule has 5 heteroatoms. The molecule has 2 heterocycles. The highest BCUT2D eigenvalue weighted by Crippen LogP contribution is 2.38. The lowest BCUT2D eigenvalue weighted by molar-refractivity contribution is 0.0658. The van der Waals surface area contributed by atoms with Crippen molar-refractivity contribution in [1.29, 1.82) is 0 Å². The molecule has 0 spiro atoms. The molecule has 18 heavy (non-hydrogen) atoms. The number of rotatable bonds is 3. The van der Waals surface area contributed by atoms with Gasteiger partial charge in [-0.2, -0.15) is 0 Å². The fourth-order valence-corrected chi connectivity index (χ4v) is 3.29. The van der Waals surface area contributed by atoms with Crippen LogP contribution in [-0.2, 0) is 6.54 Å². The summed E-state index contributed by atoms with van der Waals surface area (Å²) >= 11 is 0. The maximum Gasteiger partial charge on any atom is 0.371 e. The van der Waals surface area contributed by atoms with E-state index in [4.69, 9.17) is 9.52 Å². The Bertz CT molecular complexity index is 442. The van der Waals surface area contributed by atoms with Crippen LogP contribution in [0.5, 0.6) is 0 Å². The Labute approximate surface area is 105 Å². The molecule has 1 aliphatic carbocycles. The fourth-order valence-electron chi connectivity index (χ4n) is 3.29. The molecule has 2 N–H and O–H groups in total. The Kier molecular flexibility index (Phi) is 2.87. The second-order valence-electron chi connectivity index (χ2n) is 5.41. The van der Waals surface area contributed by atoms with E-state index in [1.807, 2.05) is 0 Å². The normalized spacial score (nSPS) is 31.7. The van der Waals surface area contributed by atoms with Crippen LogP contribution in [0.25, 0.3) is 0 Å². The SMILES string of the molecule is O=C(O)c1ccc(CN2CC3CC(O)CC3C2)o1. The molecule has 0 aromatic carbocycles. The first kappa shape index (κ1) is 11.7. The Balaban J connectivity index is 1.59. The van der Waals surface area contributed by atoms with Gasteiger partial charge in [-0.1, -0.05) is 0 Å². The number of hydrogen-bond donors (Lipinski definition) is 2. The Morgan fingerprint density at radius 2 is 2.00 bits per heavy atom. The molecule has 3 rings (SSSR count). The minimum atomic E-state index is -1.03. The molecule has 1 aliphatic heterocycles.